The molecule has 0 bridgehead atoms. The van der Waals surface area contributed by atoms with E-state index in [9.17, 15) is 14.4 Å². The number of aromatic amines is 1. The Bertz CT molecular complexity index is 577. The van der Waals surface area contributed by atoms with E-state index in [-0.39, 0.29) is 11.5 Å². The lowest BCUT2D eigenvalue weighted by atomic mass is 10.0. The summed E-state index contributed by atoms with van der Waals surface area (Å²) in [6.07, 6.45) is 0.294. The maximum absolute atomic E-state index is 12.1. The number of H-pyrrole nitrogens is 1. The molecule has 0 aliphatic rings. The molecule has 0 saturated carbocycles. The predicted octanol–water partition coefficient (Wildman–Crippen LogP) is 0.616. The first-order chi connectivity index (χ1) is 9.23. The summed E-state index contributed by atoms with van der Waals surface area (Å²) in [6, 6.07) is -1.02. The average molecular weight is 281 g/mol. The Morgan fingerprint density at radius 1 is 1.35 bits per heavy atom. The third kappa shape index (κ3) is 3.66. The van der Waals surface area contributed by atoms with Crippen molar-refractivity contribution < 1.29 is 14.7 Å². The second kappa shape index (κ2) is 6.31. The third-order valence-electron chi connectivity index (χ3n) is 3.01. The first-order valence-corrected chi connectivity index (χ1v) is 6.33. The van der Waals surface area contributed by atoms with Crippen molar-refractivity contribution in [2.75, 3.05) is 0 Å². The van der Waals surface area contributed by atoms with E-state index in [1.165, 1.54) is 0 Å². The van der Waals surface area contributed by atoms with Crippen molar-refractivity contribution in [1.82, 2.24) is 15.5 Å². The molecule has 0 fully saturated rings. The van der Waals surface area contributed by atoms with E-state index in [0.29, 0.717) is 17.7 Å². The van der Waals surface area contributed by atoms with Gasteiger partial charge in [0.2, 0.25) is 0 Å². The minimum Gasteiger partial charge on any atom is -0.480 e. The van der Waals surface area contributed by atoms with Crippen LogP contribution >= 0.6 is 0 Å². The summed E-state index contributed by atoms with van der Waals surface area (Å²) >= 11 is 0. The highest BCUT2D eigenvalue weighted by atomic mass is 16.4. The van der Waals surface area contributed by atoms with Gasteiger partial charge in [0.15, 0.2) is 0 Å². The van der Waals surface area contributed by atoms with Gasteiger partial charge >= 0.3 is 5.97 Å². The number of aryl methyl sites for hydroxylation is 1. The highest BCUT2D eigenvalue weighted by molar-refractivity contribution is 5.97. The van der Waals surface area contributed by atoms with E-state index in [0.717, 1.165) is 0 Å². The van der Waals surface area contributed by atoms with Gasteiger partial charge in [0.05, 0.1) is 5.69 Å². The number of amides is 1. The molecule has 0 aliphatic heterocycles. The molecular weight excluding hydrogens is 262 g/mol. The number of nitrogens with zero attached hydrogens (tertiary/aromatic N) is 1. The van der Waals surface area contributed by atoms with Crippen LogP contribution in [0.2, 0.25) is 0 Å². The first-order valence-electron chi connectivity index (χ1n) is 6.33. The molecule has 0 aliphatic carbocycles. The molecule has 1 amide bonds. The number of aliphatic carboxylic acids is 1. The number of rotatable bonds is 5. The summed E-state index contributed by atoms with van der Waals surface area (Å²) in [5.74, 6) is -1.70. The van der Waals surface area contributed by atoms with E-state index >= 15 is 0 Å². The zero-order valence-corrected chi connectivity index (χ0v) is 12.0. The van der Waals surface area contributed by atoms with Crippen molar-refractivity contribution in [3.63, 3.8) is 0 Å². The van der Waals surface area contributed by atoms with Crippen LogP contribution in [0.1, 0.15) is 41.9 Å². The molecule has 20 heavy (non-hydrogen) atoms. The van der Waals surface area contributed by atoms with E-state index in [1.807, 2.05) is 13.8 Å². The maximum Gasteiger partial charge on any atom is 0.326 e. The molecule has 110 valence electrons. The lowest BCUT2D eigenvalue weighted by Gasteiger charge is -2.17. The highest BCUT2D eigenvalue weighted by Crippen LogP contribution is 2.08. The van der Waals surface area contributed by atoms with Crippen LogP contribution < -0.4 is 10.9 Å². The Morgan fingerprint density at radius 3 is 2.45 bits per heavy atom. The quantitative estimate of drug-likeness (QED) is 0.732. The molecule has 0 radical (unpaired) electrons. The third-order valence-corrected chi connectivity index (χ3v) is 3.01. The molecule has 1 aromatic rings. The summed E-state index contributed by atoms with van der Waals surface area (Å²) in [7, 11) is 0. The van der Waals surface area contributed by atoms with Gasteiger partial charge in [0.1, 0.15) is 11.6 Å². The summed E-state index contributed by atoms with van der Waals surface area (Å²) in [5.41, 5.74) is 0.247. The molecular formula is C13H19N3O4. The van der Waals surface area contributed by atoms with E-state index in [1.54, 1.807) is 13.8 Å². The van der Waals surface area contributed by atoms with Crippen molar-refractivity contribution in [3.8, 4) is 0 Å². The van der Waals surface area contributed by atoms with Crippen LogP contribution in [0.5, 0.6) is 0 Å². The molecule has 1 aromatic heterocycles. The van der Waals surface area contributed by atoms with Crippen molar-refractivity contribution in [1.29, 1.82) is 0 Å². The Morgan fingerprint density at radius 2 is 1.95 bits per heavy atom. The Hall–Kier alpha value is -2.18. The molecule has 7 nitrogen and oxygen atoms in total. The fourth-order valence-corrected chi connectivity index (χ4v) is 1.82. The zero-order chi connectivity index (χ0) is 15.4. The fraction of sp³-hybridized carbons (Fsp3) is 0.538. The molecule has 0 spiro atoms. The summed E-state index contributed by atoms with van der Waals surface area (Å²) in [4.78, 5) is 34.9. The van der Waals surface area contributed by atoms with Crippen LogP contribution in [-0.4, -0.2) is 33.2 Å². The van der Waals surface area contributed by atoms with Crippen molar-refractivity contribution in [2.45, 2.75) is 40.2 Å². The van der Waals surface area contributed by atoms with Gasteiger partial charge in [-0.05, 0) is 31.7 Å². The Labute approximate surface area is 116 Å². The summed E-state index contributed by atoms with van der Waals surface area (Å²) in [5, 5.41) is 17.5. The second-order valence-electron chi connectivity index (χ2n) is 5.13. The molecule has 0 saturated heterocycles. The number of aromatic nitrogens is 2. The number of nitrogens with one attached hydrogen (secondary N) is 2. The number of carboxylic acids is 1. The Balaban J connectivity index is 3.04. The number of carbonyl (C=O) groups is 2. The number of carbonyl (C=O) groups excluding carboxylic acids is 1. The van der Waals surface area contributed by atoms with Crippen molar-refractivity contribution in [2.24, 2.45) is 5.92 Å². The molecule has 3 N–H and O–H groups in total. The number of carboxylic acid groups (broad SMARTS) is 1. The normalized spacial score (nSPS) is 12.2. The Kier molecular flexibility index (Phi) is 5.01. The van der Waals surface area contributed by atoms with Crippen LogP contribution in [0.15, 0.2) is 4.79 Å². The standard InChI is InChI=1S/C13H19N3O4/c1-6(2)5-9(13(19)20)14-11(17)10-7(3)8(4)15-16-12(10)18/h6,9H,5H2,1-4H3,(H,14,17)(H,16,18)(H,19,20). The van der Waals surface area contributed by atoms with Gasteiger partial charge in [-0.1, -0.05) is 13.8 Å². The van der Waals surface area contributed by atoms with E-state index in [2.05, 4.69) is 15.5 Å². The maximum atomic E-state index is 12.1. The minimum atomic E-state index is -1.12. The average Bonchev–Trinajstić information content (AvgIpc) is 2.33. The van der Waals surface area contributed by atoms with Crippen molar-refractivity contribution in [3.05, 3.63) is 27.2 Å². The van der Waals surface area contributed by atoms with Crippen LogP contribution in [0.3, 0.4) is 0 Å². The molecule has 0 aromatic carbocycles. The predicted molar refractivity (Wildman–Crippen MR) is 72.7 cm³/mol. The molecule has 7 heteroatoms. The number of hydrogen-bond donors (Lipinski definition) is 3. The lowest BCUT2D eigenvalue weighted by Crippen LogP contribution is -2.43. The highest BCUT2D eigenvalue weighted by Gasteiger charge is 2.24. The van der Waals surface area contributed by atoms with Gasteiger partial charge in [-0.15, -0.1) is 0 Å². The van der Waals surface area contributed by atoms with Gasteiger partial charge in [0.25, 0.3) is 11.5 Å². The fourth-order valence-electron chi connectivity index (χ4n) is 1.82. The minimum absolute atomic E-state index is 0.0903. The number of hydrogen-bond acceptors (Lipinski definition) is 4. The van der Waals surface area contributed by atoms with Gasteiger partial charge in [-0.2, -0.15) is 5.10 Å². The van der Waals surface area contributed by atoms with Crippen molar-refractivity contribution >= 4 is 11.9 Å². The summed E-state index contributed by atoms with van der Waals surface area (Å²) < 4.78 is 0. The summed E-state index contributed by atoms with van der Waals surface area (Å²) in [6.45, 7) is 6.98. The van der Waals surface area contributed by atoms with E-state index < -0.39 is 23.5 Å². The largest absolute Gasteiger partial charge is 0.480 e. The van der Waals surface area contributed by atoms with Gasteiger partial charge < -0.3 is 10.4 Å². The van der Waals surface area contributed by atoms with Gasteiger partial charge in [0, 0.05) is 0 Å². The van der Waals surface area contributed by atoms with Gasteiger partial charge in [-0.3, -0.25) is 9.59 Å². The monoisotopic (exact) mass is 281 g/mol. The molecule has 1 rings (SSSR count). The topological polar surface area (TPSA) is 112 Å². The molecule has 1 atom stereocenters. The SMILES string of the molecule is Cc1n[nH]c(=O)c(C(=O)NC(CC(C)C)C(=O)O)c1C. The van der Waals surface area contributed by atoms with Gasteiger partial charge in [-0.25, -0.2) is 9.89 Å². The zero-order valence-electron chi connectivity index (χ0n) is 12.0. The van der Waals surface area contributed by atoms with E-state index in [4.69, 9.17) is 5.11 Å². The molecule has 1 unspecified atom stereocenters. The lowest BCUT2D eigenvalue weighted by molar-refractivity contribution is -0.139. The molecule has 1 heterocycles. The first kappa shape index (κ1) is 15.9. The second-order valence-corrected chi connectivity index (χ2v) is 5.13. The smallest absolute Gasteiger partial charge is 0.326 e. The van der Waals surface area contributed by atoms with Crippen LogP contribution in [0, 0.1) is 19.8 Å². The van der Waals surface area contributed by atoms with Crippen LogP contribution in [0.25, 0.3) is 0 Å². The van der Waals surface area contributed by atoms with Crippen LogP contribution in [-0.2, 0) is 4.79 Å². The van der Waals surface area contributed by atoms with Crippen LogP contribution in [0.4, 0.5) is 0 Å².